The second kappa shape index (κ2) is 2.59. The van der Waals surface area contributed by atoms with Crippen molar-refractivity contribution >= 4 is 17.3 Å². The topological polar surface area (TPSA) is 51.1 Å². The summed E-state index contributed by atoms with van der Waals surface area (Å²) in [7, 11) is 1.81. The van der Waals surface area contributed by atoms with Crippen LogP contribution in [0.15, 0.2) is 12.3 Å². The minimum atomic E-state index is -0.431. The highest BCUT2D eigenvalue weighted by Crippen LogP contribution is 2.30. The number of aryl methyl sites for hydroxylation is 1. The highest BCUT2D eigenvalue weighted by Gasteiger charge is 2.32. The number of allylic oxidation sites excluding steroid dienone is 1. The Bertz CT molecular complexity index is 523. The Balaban J connectivity index is 2.37. The van der Waals surface area contributed by atoms with Crippen molar-refractivity contribution < 1.29 is 9.59 Å². The number of nitrogens with zero attached hydrogens (tertiary/aromatic N) is 1. The predicted octanol–water partition coefficient (Wildman–Crippen LogP) is 0.277. The molecule has 0 spiro atoms. The van der Waals surface area contributed by atoms with Crippen molar-refractivity contribution in [3.63, 3.8) is 0 Å². The van der Waals surface area contributed by atoms with E-state index in [2.05, 4.69) is 5.32 Å². The molecule has 1 aromatic heterocycles. The van der Waals surface area contributed by atoms with E-state index in [0.29, 0.717) is 5.69 Å². The van der Waals surface area contributed by atoms with Gasteiger partial charge in [-0.15, -0.1) is 0 Å². The molecule has 0 aromatic carbocycles. The normalized spacial score (nSPS) is 18.3. The number of carbonyl (C=O) groups is 2. The van der Waals surface area contributed by atoms with E-state index in [4.69, 9.17) is 0 Å². The lowest BCUT2D eigenvalue weighted by Gasteiger charge is -2.21. The van der Waals surface area contributed by atoms with Crippen LogP contribution in [0.25, 0.3) is 5.70 Å². The molecule has 1 aromatic rings. The van der Waals surface area contributed by atoms with Gasteiger partial charge in [0, 0.05) is 37.1 Å². The molecule has 1 aliphatic carbocycles. The molecule has 0 radical (unpaired) electrons. The zero-order chi connectivity index (χ0) is 10.6. The zero-order valence-corrected chi connectivity index (χ0v) is 8.33. The number of ketones is 2. The Morgan fingerprint density at radius 3 is 3.00 bits per heavy atom. The van der Waals surface area contributed by atoms with E-state index in [1.807, 2.05) is 13.2 Å². The molecule has 76 valence electrons. The molecule has 0 amide bonds. The van der Waals surface area contributed by atoms with Gasteiger partial charge in [0.15, 0.2) is 0 Å². The predicted molar refractivity (Wildman–Crippen MR) is 54.4 cm³/mol. The lowest BCUT2D eigenvalue weighted by molar-refractivity contribution is -0.111. The molecule has 4 heteroatoms. The summed E-state index contributed by atoms with van der Waals surface area (Å²) in [5.74, 6) is -0.828. The van der Waals surface area contributed by atoms with Crippen LogP contribution in [0.2, 0.25) is 0 Å². The van der Waals surface area contributed by atoms with Gasteiger partial charge in [-0.2, -0.15) is 0 Å². The lowest BCUT2D eigenvalue weighted by atomic mass is 9.93. The minimum absolute atomic E-state index is 0.397. The van der Waals surface area contributed by atoms with Gasteiger partial charge in [0.2, 0.25) is 11.6 Å². The standard InChI is InChI=1S/C11H10N2O2/c1-13-5-6-2-3-12-7-4-8(14)11(15)10(13)9(6)7/h4-5,12H,2-3H2,1H3. The van der Waals surface area contributed by atoms with E-state index >= 15 is 0 Å². The van der Waals surface area contributed by atoms with Gasteiger partial charge in [0.05, 0.1) is 0 Å². The van der Waals surface area contributed by atoms with Crippen molar-refractivity contribution in [2.75, 3.05) is 6.54 Å². The van der Waals surface area contributed by atoms with Crippen molar-refractivity contribution in [3.05, 3.63) is 29.1 Å². The summed E-state index contributed by atoms with van der Waals surface area (Å²) in [5, 5.41) is 3.16. The Morgan fingerprint density at radius 2 is 2.20 bits per heavy atom. The fourth-order valence-electron chi connectivity index (χ4n) is 2.31. The van der Waals surface area contributed by atoms with Crippen molar-refractivity contribution in [1.29, 1.82) is 0 Å². The molecule has 2 heterocycles. The van der Waals surface area contributed by atoms with E-state index in [0.717, 1.165) is 29.8 Å². The number of carbonyl (C=O) groups excluding carboxylic acids is 2. The van der Waals surface area contributed by atoms with E-state index < -0.39 is 11.6 Å². The Labute approximate surface area is 86.6 Å². The van der Waals surface area contributed by atoms with Crippen LogP contribution in [0, 0.1) is 0 Å². The van der Waals surface area contributed by atoms with Gasteiger partial charge in [-0.05, 0) is 12.0 Å². The quantitative estimate of drug-likeness (QED) is 0.615. The van der Waals surface area contributed by atoms with Crippen LogP contribution in [0.3, 0.4) is 0 Å². The van der Waals surface area contributed by atoms with E-state index in [9.17, 15) is 9.59 Å². The minimum Gasteiger partial charge on any atom is -0.384 e. The van der Waals surface area contributed by atoms with Crippen LogP contribution < -0.4 is 5.32 Å². The summed E-state index contributed by atoms with van der Waals surface area (Å²) < 4.78 is 1.75. The third-order valence-electron chi connectivity index (χ3n) is 2.95. The summed E-state index contributed by atoms with van der Waals surface area (Å²) >= 11 is 0. The lowest BCUT2D eigenvalue weighted by Crippen LogP contribution is -2.29. The van der Waals surface area contributed by atoms with Crippen LogP contribution in [-0.2, 0) is 18.3 Å². The Kier molecular flexibility index (Phi) is 1.46. The van der Waals surface area contributed by atoms with Gasteiger partial charge in [0.25, 0.3) is 0 Å². The number of nitrogens with one attached hydrogen (secondary N) is 1. The first kappa shape index (κ1) is 8.47. The number of Topliss-reactive ketones (excluding diaryl/α,β-unsaturated/α-hetero) is 1. The maximum absolute atomic E-state index is 11.7. The van der Waals surface area contributed by atoms with Gasteiger partial charge < -0.3 is 9.88 Å². The summed E-state index contributed by atoms with van der Waals surface area (Å²) in [6.45, 7) is 0.823. The first-order valence-electron chi connectivity index (χ1n) is 4.91. The smallest absolute Gasteiger partial charge is 0.249 e. The molecule has 0 saturated carbocycles. The summed E-state index contributed by atoms with van der Waals surface area (Å²) in [6, 6.07) is 0. The summed E-state index contributed by atoms with van der Waals surface area (Å²) in [5.41, 5.74) is 3.41. The molecule has 15 heavy (non-hydrogen) atoms. The first-order chi connectivity index (χ1) is 7.18. The molecule has 4 nitrogen and oxygen atoms in total. The number of hydrogen-bond acceptors (Lipinski definition) is 3. The molecular weight excluding hydrogens is 192 g/mol. The van der Waals surface area contributed by atoms with Gasteiger partial charge >= 0.3 is 0 Å². The molecule has 0 bridgehead atoms. The average molecular weight is 202 g/mol. The van der Waals surface area contributed by atoms with Crippen molar-refractivity contribution in [2.24, 2.45) is 7.05 Å². The number of hydrogen-bond donors (Lipinski definition) is 1. The fraction of sp³-hybridized carbons (Fsp3) is 0.273. The third-order valence-corrected chi connectivity index (χ3v) is 2.95. The Morgan fingerprint density at radius 1 is 1.40 bits per heavy atom. The van der Waals surface area contributed by atoms with Crippen LogP contribution >= 0.6 is 0 Å². The highest BCUT2D eigenvalue weighted by molar-refractivity contribution is 6.50. The number of aromatic nitrogens is 1. The second-order valence-corrected chi connectivity index (χ2v) is 3.92. The van der Waals surface area contributed by atoms with Crippen molar-refractivity contribution in [3.8, 4) is 0 Å². The fourth-order valence-corrected chi connectivity index (χ4v) is 2.31. The van der Waals surface area contributed by atoms with Crippen LogP contribution in [0.4, 0.5) is 0 Å². The molecule has 1 aliphatic heterocycles. The Hall–Kier alpha value is -1.84. The zero-order valence-electron chi connectivity index (χ0n) is 8.33. The maximum atomic E-state index is 11.7. The molecule has 1 N–H and O–H groups in total. The summed E-state index contributed by atoms with van der Waals surface area (Å²) in [4.78, 5) is 23.1. The largest absolute Gasteiger partial charge is 0.384 e. The van der Waals surface area contributed by atoms with Crippen LogP contribution in [0.1, 0.15) is 21.6 Å². The third kappa shape index (κ3) is 0.960. The van der Waals surface area contributed by atoms with E-state index in [-0.39, 0.29) is 0 Å². The monoisotopic (exact) mass is 202 g/mol. The second-order valence-electron chi connectivity index (χ2n) is 3.92. The average Bonchev–Trinajstić information content (AvgIpc) is 2.53. The highest BCUT2D eigenvalue weighted by atomic mass is 16.2. The van der Waals surface area contributed by atoms with Crippen LogP contribution in [-0.4, -0.2) is 22.7 Å². The van der Waals surface area contributed by atoms with Crippen LogP contribution in [0.5, 0.6) is 0 Å². The van der Waals surface area contributed by atoms with Crippen molar-refractivity contribution in [1.82, 2.24) is 9.88 Å². The molecule has 2 aliphatic rings. The molecule has 0 fully saturated rings. The van der Waals surface area contributed by atoms with Gasteiger partial charge in [-0.1, -0.05) is 0 Å². The van der Waals surface area contributed by atoms with E-state index in [1.54, 1.807) is 4.57 Å². The van der Waals surface area contributed by atoms with E-state index in [1.165, 1.54) is 6.08 Å². The molecule has 0 atom stereocenters. The molecule has 0 unspecified atom stereocenters. The number of rotatable bonds is 0. The molecule has 3 rings (SSSR count). The SMILES string of the molecule is Cn1cc2c3c1C(=O)C(=O)C=C3NCC2. The van der Waals surface area contributed by atoms with Gasteiger partial charge in [0.1, 0.15) is 5.69 Å². The first-order valence-corrected chi connectivity index (χ1v) is 4.91. The van der Waals surface area contributed by atoms with Gasteiger partial charge in [-0.25, -0.2) is 0 Å². The molecular formula is C11H10N2O2. The molecule has 0 saturated heterocycles. The maximum Gasteiger partial charge on any atom is 0.249 e. The van der Waals surface area contributed by atoms with Crippen molar-refractivity contribution in [2.45, 2.75) is 6.42 Å². The van der Waals surface area contributed by atoms with Gasteiger partial charge in [-0.3, -0.25) is 9.59 Å². The summed E-state index contributed by atoms with van der Waals surface area (Å²) in [6.07, 6.45) is 4.26.